The average molecular weight is 309 g/mol. The van der Waals surface area contributed by atoms with Gasteiger partial charge in [-0.3, -0.25) is 0 Å². The molecule has 0 spiro atoms. The SMILES string of the molecule is CNc1ncc(S(=O)(=O)NCCS(=O)(=O)NC)cn1. The summed E-state index contributed by atoms with van der Waals surface area (Å²) in [4.78, 5) is 7.40. The highest BCUT2D eigenvalue weighted by molar-refractivity contribution is 7.90. The maximum absolute atomic E-state index is 11.8. The molecule has 9 nitrogen and oxygen atoms in total. The maximum Gasteiger partial charge on any atom is 0.243 e. The van der Waals surface area contributed by atoms with Crippen molar-refractivity contribution in [1.29, 1.82) is 0 Å². The molecule has 0 aliphatic carbocycles. The highest BCUT2D eigenvalue weighted by Crippen LogP contribution is 2.06. The summed E-state index contributed by atoms with van der Waals surface area (Å²) in [6.45, 7) is -0.237. The van der Waals surface area contributed by atoms with E-state index in [0.29, 0.717) is 0 Å². The van der Waals surface area contributed by atoms with Gasteiger partial charge in [0.15, 0.2) is 0 Å². The number of rotatable bonds is 7. The molecule has 0 aliphatic heterocycles. The zero-order valence-corrected chi connectivity index (χ0v) is 12.0. The van der Waals surface area contributed by atoms with Crippen LogP contribution in [0, 0.1) is 0 Å². The summed E-state index contributed by atoms with van der Waals surface area (Å²) < 4.78 is 50.1. The van der Waals surface area contributed by atoms with Gasteiger partial charge in [0, 0.05) is 13.6 Å². The van der Waals surface area contributed by atoms with E-state index in [1.165, 1.54) is 7.05 Å². The van der Waals surface area contributed by atoms with Crippen molar-refractivity contribution in [2.45, 2.75) is 4.90 Å². The van der Waals surface area contributed by atoms with Gasteiger partial charge in [0.05, 0.1) is 18.1 Å². The lowest BCUT2D eigenvalue weighted by Crippen LogP contribution is -2.33. The molecule has 19 heavy (non-hydrogen) atoms. The van der Waals surface area contributed by atoms with Crippen molar-refractivity contribution in [3.63, 3.8) is 0 Å². The molecule has 0 saturated carbocycles. The number of aromatic nitrogens is 2. The Morgan fingerprint density at radius 3 is 2.16 bits per heavy atom. The number of anilines is 1. The summed E-state index contributed by atoms with van der Waals surface area (Å²) in [5.74, 6) is -0.0604. The fourth-order valence-electron chi connectivity index (χ4n) is 1.08. The van der Waals surface area contributed by atoms with Gasteiger partial charge in [-0.25, -0.2) is 36.2 Å². The highest BCUT2D eigenvalue weighted by atomic mass is 32.2. The standard InChI is InChI=1S/C8H15N5O4S2/c1-9-8-11-5-7(6-12-8)19(16,17)13-3-4-18(14,15)10-2/h5-6,10,13H,3-4H2,1-2H3,(H,9,11,12). The van der Waals surface area contributed by atoms with E-state index in [0.717, 1.165) is 12.4 Å². The Balaban J connectivity index is 2.70. The molecule has 1 heterocycles. The topological polar surface area (TPSA) is 130 Å². The van der Waals surface area contributed by atoms with Gasteiger partial charge in [0.1, 0.15) is 4.90 Å². The Labute approximate surface area is 112 Å². The van der Waals surface area contributed by atoms with Crippen LogP contribution in [0.2, 0.25) is 0 Å². The molecule has 0 amide bonds. The molecule has 0 atom stereocenters. The number of sulfonamides is 2. The minimum Gasteiger partial charge on any atom is -0.357 e. The van der Waals surface area contributed by atoms with Crippen LogP contribution in [0.15, 0.2) is 17.3 Å². The van der Waals surface area contributed by atoms with E-state index in [1.807, 2.05) is 0 Å². The molecule has 0 aliphatic rings. The molecular formula is C8H15N5O4S2. The number of hydrogen-bond donors (Lipinski definition) is 3. The molecule has 0 fully saturated rings. The van der Waals surface area contributed by atoms with E-state index in [4.69, 9.17) is 0 Å². The first-order chi connectivity index (χ1) is 8.80. The molecule has 0 bridgehead atoms. The molecule has 0 saturated heterocycles. The van der Waals surface area contributed by atoms with Crippen molar-refractivity contribution in [3.8, 4) is 0 Å². The van der Waals surface area contributed by atoms with Crippen LogP contribution in [-0.4, -0.2) is 53.2 Å². The first kappa shape index (κ1) is 15.8. The van der Waals surface area contributed by atoms with E-state index in [9.17, 15) is 16.8 Å². The number of hydrogen-bond acceptors (Lipinski definition) is 7. The first-order valence-electron chi connectivity index (χ1n) is 5.21. The summed E-state index contributed by atoms with van der Waals surface area (Å²) in [6.07, 6.45) is 2.27. The van der Waals surface area contributed by atoms with Gasteiger partial charge in [0.2, 0.25) is 26.0 Å². The lowest BCUT2D eigenvalue weighted by atomic mass is 10.7. The van der Waals surface area contributed by atoms with Crippen LogP contribution in [0.1, 0.15) is 0 Å². The highest BCUT2D eigenvalue weighted by Gasteiger charge is 2.16. The van der Waals surface area contributed by atoms with Gasteiger partial charge in [0.25, 0.3) is 0 Å². The second-order valence-corrected chi connectivity index (χ2v) is 7.23. The van der Waals surface area contributed by atoms with Gasteiger partial charge in [-0.15, -0.1) is 0 Å². The molecule has 0 radical (unpaired) electrons. The molecule has 1 aromatic rings. The Morgan fingerprint density at radius 2 is 1.68 bits per heavy atom. The zero-order chi connectivity index (χ0) is 14.5. The predicted molar refractivity (Wildman–Crippen MR) is 69.6 cm³/mol. The van der Waals surface area contributed by atoms with Crippen molar-refractivity contribution in [2.24, 2.45) is 0 Å². The predicted octanol–water partition coefficient (Wildman–Crippen LogP) is -1.65. The summed E-state index contributed by atoms with van der Waals surface area (Å²) in [6, 6.07) is 0. The minimum atomic E-state index is -3.81. The maximum atomic E-state index is 11.8. The average Bonchev–Trinajstić information content (AvgIpc) is 2.38. The Kier molecular flexibility index (Phi) is 5.17. The Hall–Kier alpha value is -1.30. The van der Waals surface area contributed by atoms with Gasteiger partial charge in [-0.05, 0) is 7.05 Å². The zero-order valence-electron chi connectivity index (χ0n) is 10.4. The van der Waals surface area contributed by atoms with Gasteiger partial charge in [-0.1, -0.05) is 0 Å². The fraction of sp³-hybridized carbons (Fsp3) is 0.500. The molecule has 11 heteroatoms. The first-order valence-corrected chi connectivity index (χ1v) is 8.35. The van der Waals surface area contributed by atoms with Crippen LogP contribution in [0.5, 0.6) is 0 Å². The van der Waals surface area contributed by atoms with E-state index in [2.05, 4.69) is 24.7 Å². The number of nitrogens with one attached hydrogen (secondary N) is 3. The summed E-state index contributed by atoms with van der Waals surface area (Å²) in [5, 5.41) is 2.65. The molecule has 3 N–H and O–H groups in total. The van der Waals surface area contributed by atoms with E-state index in [-0.39, 0.29) is 23.1 Å². The molecular weight excluding hydrogens is 294 g/mol. The quantitative estimate of drug-likeness (QED) is 0.550. The minimum absolute atomic E-state index is 0.131. The van der Waals surface area contributed by atoms with Crippen LogP contribution in [0.25, 0.3) is 0 Å². The molecule has 0 unspecified atom stereocenters. The van der Waals surface area contributed by atoms with Crippen LogP contribution >= 0.6 is 0 Å². The fourth-order valence-corrected chi connectivity index (χ4v) is 2.70. The van der Waals surface area contributed by atoms with Crippen molar-refractivity contribution in [1.82, 2.24) is 19.4 Å². The molecule has 108 valence electrons. The third-order valence-corrected chi connectivity index (χ3v) is 4.92. The normalized spacial score (nSPS) is 12.3. The molecule has 0 aromatic carbocycles. The summed E-state index contributed by atoms with van der Waals surface area (Å²) in [7, 11) is -4.40. The summed E-state index contributed by atoms with van der Waals surface area (Å²) >= 11 is 0. The van der Waals surface area contributed by atoms with E-state index in [1.54, 1.807) is 7.05 Å². The third-order valence-electron chi connectivity index (χ3n) is 2.14. The second kappa shape index (κ2) is 6.23. The van der Waals surface area contributed by atoms with Gasteiger partial charge >= 0.3 is 0 Å². The lowest BCUT2D eigenvalue weighted by Gasteiger charge is -2.06. The van der Waals surface area contributed by atoms with Crippen molar-refractivity contribution in [3.05, 3.63) is 12.4 Å². The monoisotopic (exact) mass is 309 g/mol. The van der Waals surface area contributed by atoms with Crippen molar-refractivity contribution >= 4 is 26.0 Å². The smallest absolute Gasteiger partial charge is 0.243 e. The van der Waals surface area contributed by atoms with Crippen LogP contribution < -0.4 is 14.8 Å². The van der Waals surface area contributed by atoms with Crippen LogP contribution in [-0.2, 0) is 20.0 Å². The van der Waals surface area contributed by atoms with E-state index >= 15 is 0 Å². The van der Waals surface area contributed by atoms with Crippen LogP contribution in [0.3, 0.4) is 0 Å². The molecule has 1 rings (SSSR count). The summed E-state index contributed by atoms with van der Waals surface area (Å²) in [5.41, 5.74) is 0. The van der Waals surface area contributed by atoms with Gasteiger partial charge < -0.3 is 5.32 Å². The Morgan fingerprint density at radius 1 is 1.11 bits per heavy atom. The van der Waals surface area contributed by atoms with Crippen LogP contribution in [0.4, 0.5) is 5.95 Å². The lowest BCUT2D eigenvalue weighted by molar-refractivity contribution is 0.578. The molecule has 1 aromatic heterocycles. The van der Waals surface area contributed by atoms with Gasteiger partial charge in [-0.2, -0.15) is 0 Å². The second-order valence-electron chi connectivity index (χ2n) is 3.41. The van der Waals surface area contributed by atoms with Crippen molar-refractivity contribution in [2.75, 3.05) is 31.7 Å². The number of nitrogens with zero attached hydrogens (tertiary/aromatic N) is 2. The van der Waals surface area contributed by atoms with Crippen molar-refractivity contribution < 1.29 is 16.8 Å². The third kappa shape index (κ3) is 4.70. The van der Waals surface area contributed by atoms with E-state index < -0.39 is 20.0 Å². The largest absolute Gasteiger partial charge is 0.357 e. The Bertz CT molecular complexity index is 611.